The van der Waals surface area contributed by atoms with E-state index in [2.05, 4.69) is 20.8 Å². The molecule has 5 aromatic rings. The van der Waals surface area contributed by atoms with E-state index in [-0.39, 0.29) is 24.0 Å². The van der Waals surface area contributed by atoms with Crippen LogP contribution >= 0.6 is 0 Å². The fourth-order valence-electron chi connectivity index (χ4n) is 4.80. The highest BCUT2D eigenvalue weighted by molar-refractivity contribution is 6.02. The Bertz CT molecular complexity index is 1670. The molecule has 0 aliphatic rings. The number of para-hydroxylation sites is 1. The van der Waals surface area contributed by atoms with Crippen LogP contribution in [-0.2, 0) is 11.3 Å². The van der Waals surface area contributed by atoms with Crippen LogP contribution in [0.1, 0.15) is 38.7 Å². The van der Waals surface area contributed by atoms with Gasteiger partial charge in [0.05, 0.1) is 12.8 Å². The molecular weight excluding hydrogens is 532 g/mol. The van der Waals surface area contributed by atoms with Crippen LogP contribution in [0.2, 0.25) is 0 Å². The van der Waals surface area contributed by atoms with Crippen molar-refractivity contribution in [3.05, 3.63) is 125 Å². The van der Waals surface area contributed by atoms with Crippen molar-refractivity contribution in [2.45, 2.75) is 26.4 Å². The number of carbonyl (C=O) groups is 2. The molecule has 1 atom stereocenters. The summed E-state index contributed by atoms with van der Waals surface area (Å²) in [5.74, 6) is -0.657. The molecule has 0 fully saturated rings. The SMILES string of the molecule is COc1cc([C@H](C(=O)Nc2c(C)cccc2C)N(Cc2ccccc2)C(=O)c2ccc(-n3cnnn3)cc2)ccc1O. The second-order valence-electron chi connectivity index (χ2n) is 9.81. The first-order valence-corrected chi connectivity index (χ1v) is 13.3. The van der Waals surface area contributed by atoms with Gasteiger partial charge < -0.3 is 20.1 Å². The normalized spacial score (nSPS) is 11.5. The van der Waals surface area contributed by atoms with Gasteiger partial charge >= 0.3 is 0 Å². The number of aromatic hydroxyl groups is 1. The van der Waals surface area contributed by atoms with Crippen LogP contribution < -0.4 is 10.1 Å². The summed E-state index contributed by atoms with van der Waals surface area (Å²) in [4.78, 5) is 30.1. The zero-order valence-electron chi connectivity index (χ0n) is 23.4. The highest BCUT2D eigenvalue weighted by atomic mass is 16.5. The number of phenols is 1. The van der Waals surface area contributed by atoms with Crippen LogP contribution in [0.25, 0.3) is 5.69 Å². The fourth-order valence-corrected chi connectivity index (χ4v) is 4.80. The minimum atomic E-state index is -1.08. The molecule has 0 aliphatic carbocycles. The van der Waals surface area contributed by atoms with Gasteiger partial charge in [0.2, 0.25) is 0 Å². The number of benzene rings is 4. The molecule has 0 radical (unpaired) electrons. The maximum Gasteiger partial charge on any atom is 0.255 e. The summed E-state index contributed by atoms with van der Waals surface area (Å²) in [6.45, 7) is 3.98. The second kappa shape index (κ2) is 12.3. The van der Waals surface area contributed by atoms with E-state index in [0.717, 1.165) is 16.7 Å². The number of aromatic nitrogens is 4. The average molecular weight is 563 g/mol. The first-order chi connectivity index (χ1) is 20.4. The summed E-state index contributed by atoms with van der Waals surface area (Å²) < 4.78 is 6.85. The van der Waals surface area contributed by atoms with E-state index in [1.54, 1.807) is 36.4 Å². The molecule has 10 nitrogen and oxygen atoms in total. The third-order valence-corrected chi connectivity index (χ3v) is 6.99. The minimum Gasteiger partial charge on any atom is -0.504 e. The van der Waals surface area contributed by atoms with Gasteiger partial charge in [-0.3, -0.25) is 9.59 Å². The maximum atomic E-state index is 14.3. The zero-order valence-corrected chi connectivity index (χ0v) is 23.4. The third-order valence-electron chi connectivity index (χ3n) is 6.99. The molecule has 2 N–H and O–H groups in total. The van der Waals surface area contributed by atoms with Crippen LogP contribution in [-0.4, -0.2) is 49.1 Å². The number of ether oxygens (including phenoxy) is 1. The molecule has 1 aromatic heterocycles. The van der Waals surface area contributed by atoms with Gasteiger partial charge in [0.1, 0.15) is 12.4 Å². The van der Waals surface area contributed by atoms with Gasteiger partial charge in [-0.25, -0.2) is 4.68 Å². The molecule has 0 saturated heterocycles. The molecule has 42 heavy (non-hydrogen) atoms. The topological polar surface area (TPSA) is 122 Å². The van der Waals surface area contributed by atoms with E-state index in [4.69, 9.17) is 4.74 Å². The number of anilines is 1. The molecule has 0 bridgehead atoms. The molecule has 2 amide bonds. The number of amides is 2. The Kier molecular flexibility index (Phi) is 8.24. The van der Waals surface area contributed by atoms with Gasteiger partial charge in [0, 0.05) is 17.8 Å². The quantitative estimate of drug-likeness (QED) is 0.259. The van der Waals surface area contributed by atoms with E-state index in [0.29, 0.717) is 22.5 Å². The van der Waals surface area contributed by atoms with Crippen molar-refractivity contribution in [1.29, 1.82) is 0 Å². The highest BCUT2D eigenvalue weighted by Crippen LogP contribution is 2.34. The van der Waals surface area contributed by atoms with E-state index < -0.39 is 11.9 Å². The number of hydrogen-bond donors (Lipinski definition) is 2. The van der Waals surface area contributed by atoms with Crippen molar-refractivity contribution in [3.63, 3.8) is 0 Å². The largest absolute Gasteiger partial charge is 0.504 e. The summed E-state index contributed by atoms with van der Waals surface area (Å²) in [5.41, 5.74) is 4.83. The van der Waals surface area contributed by atoms with Gasteiger partial charge in [-0.2, -0.15) is 0 Å². The predicted molar refractivity (Wildman–Crippen MR) is 157 cm³/mol. The Balaban J connectivity index is 1.61. The number of nitrogens with one attached hydrogen (secondary N) is 1. The fraction of sp³-hybridized carbons (Fsp3) is 0.156. The summed E-state index contributed by atoms with van der Waals surface area (Å²) in [6, 6.07) is 25.6. The molecule has 5 rings (SSSR count). The number of phenolic OH excluding ortho intramolecular Hbond substituents is 1. The molecule has 10 heteroatoms. The van der Waals surface area contributed by atoms with Gasteiger partial charge in [0.15, 0.2) is 11.5 Å². The number of carbonyl (C=O) groups excluding carboxylic acids is 2. The highest BCUT2D eigenvalue weighted by Gasteiger charge is 2.33. The van der Waals surface area contributed by atoms with Gasteiger partial charge in [0.25, 0.3) is 11.8 Å². The van der Waals surface area contributed by atoms with Crippen LogP contribution in [0.4, 0.5) is 5.69 Å². The lowest BCUT2D eigenvalue weighted by molar-refractivity contribution is -0.121. The lowest BCUT2D eigenvalue weighted by Crippen LogP contribution is -2.41. The number of nitrogens with zero attached hydrogens (tertiary/aromatic N) is 5. The van der Waals surface area contributed by atoms with Crippen molar-refractivity contribution in [1.82, 2.24) is 25.1 Å². The summed E-state index contributed by atoms with van der Waals surface area (Å²) in [5, 5.41) is 24.6. The lowest BCUT2D eigenvalue weighted by atomic mass is 10.00. The Hall–Kier alpha value is -5.51. The standard InChI is InChI=1S/C32H30N6O4/c1-21-8-7-9-22(2)29(21)34-31(40)30(25-14-17-27(39)28(18-25)42-3)37(19-23-10-5-4-6-11-23)32(41)24-12-15-26(16-13-24)38-20-33-35-36-38/h4-18,20,30,39H,19H2,1-3H3,(H,34,40)/t30-/m1/s1. The smallest absolute Gasteiger partial charge is 0.255 e. The zero-order chi connectivity index (χ0) is 29.6. The van der Waals surface area contributed by atoms with Gasteiger partial charge in [-0.05, 0) is 82.9 Å². The molecule has 0 spiro atoms. The summed E-state index contributed by atoms with van der Waals surface area (Å²) in [6.07, 6.45) is 1.46. The molecule has 0 unspecified atom stereocenters. The molecule has 0 saturated carbocycles. The predicted octanol–water partition coefficient (Wildman–Crippen LogP) is 5.02. The van der Waals surface area contributed by atoms with Gasteiger partial charge in [-0.15, -0.1) is 5.10 Å². The van der Waals surface area contributed by atoms with Crippen molar-refractivity contribution >= 4 is 17.5 Å². The Morgan fingerprint density at radius 1 is 0.952 bits per heavy atom. The van der Waals surface area contributed by atoms with Crippen LogP contribution in [0, 0.1) is 13.8 Å². The maximum absolute atomic E-state index is 14.3. The summed E-state index contributed by atoms with van der Waals surface area (Å²) >= 11 is 0. The van der Waals surface area contributed by atoms with Crippen molar-refractivity contribution in [3.8, 4) is 17.2 Å². The van der Waals surface area contributed by atoms with E-state index >= 15 is 0 Å². The molecule has 1 heterocycles. The lowest BCUT2D eigenvalue weighted by Gasteiger charge is -2.32. The van der Waals surface area contributed by atoms with Gasteiger partial charge in [-0.1, -0.05) is 54.6 Å². The molecule has 212 valence electrons. The average Bonchev–Trinajstić information content (AvgIpc) is 3.55. The molecule has 4 aromatic carbocycles. The number of tetrazole rings is 1. The van der Waals surface area contributed by atoms with Crippen molar-refractivity contribution in [2.75, 3.05) is 12.4 Å². The number of rotatable bonds is 9. The van der Waals surface area contributed by atoms with Crippen LogP contribution in [0.15, 0.2) is 97.3 Å². The number of methoxy groups -OCH3 is 1. The Labute approximate surface area is 243 Å². The number of aryl methyl sites for hydroxylation is 2. The van der Waals surface area contributed by atoms with Crippen LogP contribution in [0.3, 0.4) is 0 Å². The van der Waals surface area contributed by atoms with E-state index in [1.165, 1.54) is 29.1 Å². The van der Waals surface area contributed by atoms with E-state index in [1.807, 2.05) is 62.4 Å². The van der Waals surface area contributed by atoms with E-state index in [9.17, 15) is 14.7 Å². The Morgan fingerprint density at radius 2 is 1.67 bits per heavy atom. The number of hydrogen-bond acceptors (Lipinski definition) is 7. The monoisotopic (exact) mass is 562 g/mol. The minimum absolute atomic E-state index is 0.0747. The first kappa shape index (κ1) is 28.0. The molecule has 0 aliphatic heterocycles. The molecular formula is C32H30N6O4. The first-order valence-electron chi connectivity index (χ1n) is 13.3. The Morgan fingerprint density at radius 3 is 2.31 bits per heavy atom. The van der Waals surface area contributed by atoms with Crippen molar-refractivity contribution in [2.24, 2.45) is 0 Å². The summed E-state index contributed by atoms with van der Waals surface area (Å²) in [7, 11) is 1.43. The third kappa shape index (κ3) is 5.97. The second-order valence-corrected chi connectivity index (χ2v) is 9.81. The van der Waals surface area contributed by atoms with Crippen LogP contribution in [0.5, 0.6) is 11.5 Å². The van der Waals surface area contributed by atoms with Crippen molar-refractivity contribution < 1.29 is 19.4 Å².